The number of hydrogen-bond donors (Lipinski definition) is 1. The third kappa shape index (κ3) is 3.96. The number of aliphatic hydroxyl groups excluding tert-OH is 1. The zero-order valence-electron chi connectivity index (χ0n) is 23.7. The standard InChI is InChI=1S/C36H30Cl2N2O2/c1-3-5-17-39-29-15-13-27(37)21-9-7-11-23(33(21)29)31(39)19-25-35(41)26(36(25)42)20-32-24-12-8-10-22-28(38)14-16-30(34(22)24)40(32)18-6-4-2/h7-16,19-20H,3-6,17-18H2,1-2H3/p+1. The maximum absolute atomic E-state index is 13.7. The van der Waals surface area contributed by atoms with Crippen LogP contribution in [-0.2, 0) is 11.3 Å². The first-order chi connectivity index (χ1) is 20.4. The van der Waals surface area contributed by atoms with E-state index in [-0.39, 0.29) is 11.5 Å². The lowest BCUT2D eigenvalue weighted by atomic mass is 9.86. The number of halogens is 2. The summed E-state index contributed by atoms with van der Waals surface area (Å²) < 4.78 is 4.51. The van der Waals surface area contributed by atoms with Crippen molar-refractivity contribution < 1.29 is 14.5 Å². The first kappa shape index (κ1) is 27.0. The van der Waals surface area contributed by atoms with Gasteiger partial charge in [-0.25, -0.2) is 0 Å². The number of carbonyl (C=O) groups is 1. The second kappa shape index (κ2) is 10.4. The molecular weight excluding hydrogens is 563 g/mol. The van der Waals surface area contributed by atoms with E-state index in [4.69, 9.17) is 23.2 Å². The second-order valence-electron chi connectivity index (χ2n) is 11.2. The maximum Gasteiger partial charge on any atom is 0.214 e. The fraction of sp³-hybridized carbons (Fsp3) is 0.222. The maximum atomic E-state index is 13.7. The Morgan fingerprint density at radius 1 is 0.833 bits per heavy atom. The van der Waals surface area contributed by atoms with Gasteiger partial charge < -0.3 is 9.67 Å². The van der Waals surface area contributed by atoms with Crippen LogP contribution < -0.4 is 5.35 Å². The molecule has 1 aliphatic heterocycles. The molecule has 2 heterocycles. The molecule has 0 bridgehead atoms. The summed E-state index contributed by atoms with van der Waals surface area (Å²) in [7, 11) is 0. The van der Waals surface area contributed by atoms with Crippen LogP contribution in [0.4, 0.5) is 5.69 Å². The van der Waals surface area contributed by atoms with Crippen LogP contribution in [0.2, 0.25) is 10.0 Å². The smallest absolute Gasteiger partial charge is 0.214 e. The SMILES string of the molecule is CCCCn1/c(=C\C2=C(O)C(=C/C3=[N+](CCCC)c4ccc(Cl)c5cccc3c45)/C2=O)c2cccc3c(Cl)ccc1c32. The number of Topliss-reactive ketones (excluding diaryl/α,β-unsaturated/α-hetero) is 1. The van der Waals surface area contributed by atoms with Gasteiger partial charge in [0.1, 0.15) is 12.3 Å². The van der Waals surface area contributed by atoms with Crippen molar-refractivity contribution in [1.29, 1.82) is 0 Å². The van der Waals surface area contributed by atoms with Gasteiger partial charge in [-0.15, -0.1) is 0 Å². The van der Waals surface area contributed by atoms with E-state index in [0.29, 0.717) is 21.2 Å². The number of ketones is 1. The zero-order valence-corrected chi connectivity index (χ0v) is 25.2. The van der Waals surface area contributed by atoms with Crippen LogP contribution >= 0.6 is 23.2 Å². The van der Waals surface area contributed by atoms with Crippen molar-refractivity contribution in [2.24, 2.45) is 0 Å². The van der Waals surface area contributed by atoms with Gasteiger partial charge in [-0.05, 0) is 36.8 Å². The van der Waals surface area contributed by atoms with Crippen LogP contribution in [-0.4, -0.2) is 32.3 Å². The molecule has 2 aliphatic rings. The number of unbranched alkanes of at least 4 members (excludes halogenated alkanes) is 2. The molecule has 5 aromatic rings. The summed E-state index contributed by atoms with van der Waals surface area (Å²) in [6.45, 7) is 5.96. The number of carbonyl (C=O) groups excluding carboxylic acids is 1. The molecule has 0 saturated heterocycles. The number of aliphatic hydroxyl groups is 1. The van der Waals surface area contributed by atoms with Crippen molar-refractivity contribution in [3.05, 3.63) is 105 Å². The highest BCUT2D eigenvalue weighted by Crippen LogP contribution is 2.40. The highest BCUT2D eigenvalue weighted by Gasteiger charge is 2.37. The van der Waals surface area contributed by atoms with Crippen molar-refractivity contribution in [1.82, 2.24) is 4.57 Å². The molecule has 210 valence electrons. The number of rotatable bonds is 8. The lowest BCUT2D eigenvalue weighted by Gasteiger charge is -2.18. The average molecular weight is 595 g/mol. The Bertz CT molecular complexity index is 2110. The molecule has 0 radical (unpaired) electrons. The first-order valence-electron chi connectivity index (χ1n) is 14.7. The topological polar surface area (TPSA) is 45.2 Å². The Kier molecular flexibility index (Phi) is 6.72. The lowest BCUT2D eigenvalue weighted by Crippen LogP contribution is -2.26. The molecule has 0 unspecified atom stereocenters. The van der Waals surface area contributed by atoms with Gasteiger partial charge in [0.2, 0.25) is 17.2 Å². The van der Waals surface area contributed by atoms with Crippen LogP contribution in [0.1, 0.15) is 45.1 Å². The summed E-state index contributed by atoms with van der Waals surface area (Å²) in [5.74, 6) is -0.117. The molecule has 0 amide bonds. The number of allylic oxidation sites excluding steroid dienone is 3. The molecule has 1 N–H and O–H groups in total. The van der Waals surface area contributed by atoms with E-state index in [1.165, 1.54) is 0 Å². The Morgan fingerprint density at radius 3 is 2.26 bits per heavy atom. The largest absolute Gasteiger partial charge is 0.506 e. The highest BCUT2D eigenvalue weighted by molar-refractivity contribution is 6.38. The predicted octanol–water partition coefficient (Wildman–Crippen LogP) is 8.82. The van der Waals surface area contributed by atoms with Gasteiger partial charge in [0.25, 0.3) is 0 Å². The van der Waals surface area contributed by atoms with Crippen molar-refractivity contribution in [2.75, 3.05) is 6.54 Å². The van der Waals surface area contributed by atoms with Gasteiger partial charge in [0.15, 0.2) is 0 Å². The van der Waals surface area contributed by atoms with Crippen LogP contribution in [0.5, 0.6) is 0 Å². The minimum atomic E-state index is -0.152. The quantitative estimate of drug-likeness (QED) is 0.144. The van der Waals surface area contributed by atoms with E-state index in [1.807, 2.05) is 48.6 Å². The first-order valence-corrected chi connectivity index (χ1v) is 15.5. The molecule has 6 heteroatoms. The number of nitrogens with zero attached hydrogens (tertiary/aromatic N) is 2. The van der Waals surface area contributed by atoms with Crippen LogP contribution in [0.15, 0.2) is 83.6 Å². The van der Waals surface area contributed by atoms with Gasteiger partial charge in [0, 0.05) is 67.6 Å². The summed E-state index contributed by atoms with van der Waals surface area (Å²) in [5, 5.41) is 18.9. The Morgan fingerprint density at radius 2 is 1.52 bits per heavy atom. The van der Waals surface area contributed by atoms with Gasteiger partial charge in [-0.1, -0.05) is 80.2 Å². The fourth-order valence-corrected chi connectivity index (χ4v) is 6.98. The molecule has 7 rings (SSSR count). The third-order valence-electron chi connectivity index (χ3n) is 8.68. The summed E-state index contributed by atoms with van der Waals surface area (Å²) in [5.41, 5.74) is 4.80. The summed E-state index contributed by atoms with van der Waals surface area (Å²) >= 11 is 13.1. The van der Waals surface area contributed by atoms with Gasteiger partial charge in [0.05, 0.1) is 22.1 Å². The van der Waals surface area contributed by atoms with Gasteiger partial charge in [-0.3, -0.25) is 4.79 Å². The van der Waals surface area contributed by atoms with E-state index in [2.05, 4.69) is 47.3 Å². The zero-order chi connectivity index (χ0) is 29.1. The lowest BCUT2D eigenvalue weighted by molar-refractivity contribution is -0.436. The van der Waals surface area contributed by atoms with E-state index in [0.717, 1.165) is 93.5 Å². The van der Waals surface area contributed by atoms with E-state index < -0.39 is 0 Å². The average Bonchev–Trinajstić information content (AvgIpc) is 3.48. The van der Waals surface area contributed by atoms with Crippen LogP contribution in [0, 0.1) is 0 Å². The van der Waals surface area contributed by atoms with Crippen LogP contribution in [0.3, 0.4) is 0 Å². The molecule has 1 aliphatic carbocycles. The third-order valence-corrected chi connectivity index (χ3v) is 9.34. The number of benzene rings is 4. The van der Waals surface area contributed by atoms with Crippen molar-refractivity contribution in [2.45, 2.75) is 46.1 Å². The molecule has 0 atom stereocenters. The van der Waals surface area contributed by atoms with E-state index >= 15 is 0 Å². The summed E-state index contributed by atoms with van der Waals surface area (Å²) in [6, 6.07) is 20.2. The molecular formula is C36H31Cl2N2O2+. The Hall–Kier alpha value is -3.86. The number of aromatic nitrogens is 1. The van der Waals surface area contributed by atoms with Crippen molar-refractivity contribution in [3.8, 4) is 0 Å². The number of aryl methyl sites for hydroxylation is 1. The van der Waals surface area contributed by atoms with Crippen molar-refractivity contribution in [3.63, 3.8) is 0 Å². The molecule has 0 fully saturated rings. The number of hydrogen-bond acceptors (Lipinski definition) is 2. The molecule has 0 saturated carbocycles. The predicted molar refractivity (Wildman–Crippen MR) is 175 cm³/mol. The van der Waals surface area contributed by atoms with E-state index in [9.17, 15) is 9.90 Å². The molecule has 42 heavy (non-hydrogen) atoms. The van der Waals surface area contributed by atoms with Crippen molar-refractivity contribution >= 4 is 78.9 Å². The summed E-state index contributed by atoms with van der Waals surface area (Å²) in [4.78, 5) is 13.7. The normalized spacial score (nSPS) is 16.3. The van der Waals surface area contributed by atoms with Crippen LogP contribution in [0.25, 0.3) is 38.5 Å². The monoisotopic (exact) mass is 593 g/mol. The van der Waals surface area contributed by atoms with E-state index in [1.54, 1.807) is 0 Å². The Balaban J connectivity index is 1.40. The Labute approximate surface area is 254 Å². The molecule has 1 aromatic heterocycles. The molecule has 4 nitrogen and oxygen atoms in total. The minimum absolute atomic E-state index is 0.0354. The van der Waals surface area contributed by atoms with Gasteiger partial charge >= 0.3 is 0 Å². The fourth-order valence-electron chi connectivity index (χ4n) is 6.54. The minimum Gasteiger partial charge on any atom is -0.506 e. The van der Waals surface area contributed by atoms with Gasteiger partial charge in [-0.2, -0.15) is 4.58 Å². The molecule has 0 spiro atoms. The molecule has 4 aromatic carbocycles. The summed E-state index contributed by atoms with van der Waals surface area (Å²) in [6.07, 6.45) is 7.81. The second-order valence-corrected chi connectivity index (χ2v) is 12.0. The highest BCUT2D eigenvalue weighted by atomic mass is 35.5.